The normalized spacial score (nSPS) is 22.8. The minimum atomic E-state index is -5.03. The van der Waals surface area contributed by atoms with Crippen molar-refractivity contribution in [2.75, 3.05) is 17.2 Å². The van der Waals surface area contributed by atoms with E-state index in [-0.39, 0.29) is 24.8 Å². The lowest BCUT2D eigenvalue weighted by atomic mass is 10.0. The minimum Gasteiger partial charge on any atom is -0.403 e. The number of halogens is 4. The van der Waals surface area contributed by atoms with Gasteiger partial charge in [-0.25, -0.2) is 14.4 Å². The Balaban J connectivity index is 1.36. The highest BCUT2D eigenvalue weighted by atomic mass is 32.1. The summed E-state index contributed by atoms with van der Waals surface area (Å²) in [4.78, 5) is 18.6. The molecule has 0 amide bonds. The maximum atomic E-state index is 14.4. The molecular formula is C29H30F4N6O4S. The maximum absolute atomic E-state index is 14.4. The van der Waals surface area contributed by atoms with Crippen molar-refractivity contribution in [3.05, 3.63) is 53.2 Å². The van der Waals surface area contributed by atoms with Gasteiger partial charge in [0.1, 0.15) is 22.4 Å². The van der Waals surface area contributed by atoms with Crippen LogP contribution in [0.1, 0.15) is 61.5 Å². The first-order chi connectivity index (χ1) is 20.8. The van der Waals surface area contributed by atoms with Crippen LogP contribution in [0.15, 0.2) is 30.5 Å². The quantitative estimate of drug-likeness (QED) is 0.120. The smallest absolute Gasteiger partial charge is 0.403 e. The lowest BCUT2D eigenvalue weighted by molar-refractivity contribution is -0.275. The number of aryl methyl sites for hydroxylation is 1. The van der Waals surface area contributed by atoms with Crippen molar-refractivity contribution < 1.29 is 37.6 Å². The number of alkyl halides is 3. The highest BCUT2D eigenvalue weighted by Gasteiger charge is 2.47. The summed E-state index contributed by atoms with van der Waals surface area (Å²) >= 11 is 1.41. The molecule has 0 bridgehead atoms. The first kappa shape index (κ1) is 30.4. The van der Waals surface area contributed by atoms with Gasteiger partial charge in [0.25, 0.3) is 0 Å². The van der Waals surface area contributed by atoms with Crippen LogP contribution in [0, 0.1) is 18.7 Å². The molecule has 3 aromatic heterocycles. The molecule has 44 heavy (non-hydrogen) atoms. The average molecular weight is 635 g/mol. The van der Waals surface area contributed by atoms with Crippen LogP contribution in [-0.4, -0.2) is 60.1 Å². The number of anilines is 2. The number of aliphatic hydroxyl groups excluding tert-OH is 2. The molecular weight excluding hydrogens is 604 g/mol. The molecule has 1 aromatic carbocycles. The molecule has 0 unspecified atom stereocenters. The first-order valence-corrected chi connectivity index (χ1v) is 14.9. The molecule has 15 heteroatoms. The summed E-state index contributed by atoms with van der Waals surface area (Å²) < 4.78 is 56.8. The Morgan fingerprint density at radius 1 is 1.16 bits per heavy atom. The SMILES string of the molecule is Cc1nc(N[C@H](C)c2ccc(OC(F)(F)F)c(F)c2)nc(N[C@@]2(O)CC[C@H](CO)[C@H]2O)c1-c1nc2c(C3CC3)nccc2s1. The van der Waals surface area contributed by atoms with Crippen molar-refractivity contribution in [2.45, 2.75) is 69.7 Å². The molecule has 2 saturated carbocycles. The number of aliphatic hydroxyl groups is 3. The first-order valence-electron chi connectivity index (χ1n) is 14.1. The number of nitrogens with zero attached hydrogens (tertiary/aromatic N) is 4. The number of pyridine rings is 1. The molecule has 5 N–H and O–H groups in total. The Labute approximate surface area is 253 Å². The van der Waals surface area contributed by atoms with E-state index in [9.17, 15) is 32.9 Å². The van der Waals surface area contributed by atoms with Crippen LogP contribution >= 0.6 is 11.3 Å². The standard InChI is InChI=1S/C29H30F4N6O4S/c1-13(16-5-6-19(18(30)11-16)43-29(31,32)33)35-27-36-14(2)21(25(38-27)39-28(42)9-7-17(12-40)24(28)41)26-37-23-20(44-26)8-10-34-22(23)15-3-4-15/h5-6,8,10-11,13,15,17,24,40-42H,3-4,7,9,12H2,1-2H3,(H2,35,36,38,39)/t13-,17-,24-,28-/m1/s1. The van der Waals surface area contributed by atoms with E-state index < -0.39 is 41.7 Å². The number of fused-ring (bicyclic) bond motifs is 1. The van der Waals surface area contributed by atoms with E-state index in [1.165, 1.54) is 17.4 Å². The molecule has 2 aliphatic carbocycles. The molecule has 4 atom stereocenters. The summed E-state index contributed by atoms with van der Waals surface area (Å²) in [7, 11) is 0. The molecule has 0 aliphatic heterocycles. The summed E-state index contributed by atoms with van der Waals surface area (Å²) in [5.41, 5.74) is 1.20. The van der Waals surface area contributed by atoms with Crippen molar-refractivity contribution in [2.24, 2.45) is 5.92 Å². The van der Waals surface area contributed by atoms with Crippen molar-refractivity contribution in [1.82, 2.24) is 19.9 Å². The van der Waals surface area contributed by atoms with Gasteiger partial charge < -0.3 is 30.7 Å². The molecule has 3 heterocycles. The van der Waals surface area contributed by atoms with E-state index in [0.717, 1.165) is 40.9 Å². The Hall–Kier alpha value is -3.66. The molecule has 4 aromatic rings. The molecule has 0 saturated heterocycles. The fourth-order valence-corrected chi connectivity index (χ4v) is 6.59. The fourth-order valence-electron chi connectivity index (χ4n) is 5.53. The second-order valence-corrected chi connectivity index (χ2v) is 12.3. The van der Waals surface area contributed by atoms with Crippen molar-refractivity contribution in [1.29, 1.82) is 0 Å². The van der Waals surface area contributed by atoms with Crippen molar-refractivity contribution in [3.63, 3.8) is 0 Å². The largest absolute Gasteiger partial charge is 0.573 e. The van der Waals surface area contributed by atoms with Gasteiger partial charge in [0.15, 0.2) is 17.3 Å². The number of benzene rings is 1. The van der Waals surface area contributed by atoms with Gasteiger partial charge in [-0.05, 0) is 63.3 Å². The van der Waals surface area contributed by atoms with Crippen molar-refractivity contribution in [3.8, 4) is 16.3 Å². The fraction of sp³-hybridized carbons (Fsp3) is 0.448. The van der Waals surface area contributed by atoms with Gasteiger partial charge in [0.2, 0.25) is 5.95 Å². The van der Waals surface area contributed by atoms with E-state index in [4.69, 9.17) is 4.98 Å². The Morgan fingerprint density at radius 3 is 2.59 bits per heavy atom. The van der Waals surface area contributed by atoms with Crippen LogP contribution in [0.25, 0.3) is 20.8 Å². The summed E-state index contributed by atoms with van der Waals surface area (Å²) in [5.74, 6) is -2.06. The predicted octanol–water partition coefficient (Wildman–Crippen LogP) is 5.41. The average Bonchev–Trinajstić information content (AvgIpc) is 3.64. The monoisotopic (exact) mass is 634 g/mol. The summed E-state index contributed by atoms with van der Waals surface area (Å²) in [6, 6.07) is 4.34. The van der Waals surface area contributed by atoms with Gasteiger partial charge in [-0.15, -0.1) is 24.5 Å². The van der Waals surface area contributed by atoms with Crippen LogP contribution in [0.2, 0.25) is 0 Å². The topological polar surface area (TPSA) is 146 Å². The van der Waals surface area contributed by atoms with Crippen LogP contribution < -0.4 is 15.4 Å². The number of hydrogen-bond donors (Lipinski definition) is 5. The molecule has 10 nitrogen and oxygen atoms in total. The molecule has 0 spiro atoms. The zero-order valence-electron chi connectivity index (χ0n) is 23.7. The molecule has 6 rings (SSSR count). The third-order valence-electron chi connectivity index (χ3n) is 8.03. The number of ether oxygens (including phenoxy) is 1. The van der Waals surface area contributed by atoms with Crippen LogP contribution in [0.4, 0.5) is 29.3 Å². The van der Waals surface area contributed by atoms with E-state index >= 15 is 0 Å². The van der Waals surface area contributed by atoms with Gasteiger partial charge in [-0.3, -0.25) is 4.98 Å². The van der Waals surface area contributed by atoms with Gasteiger partial charge in [-0.2, -0.15) is 4.98 Å². The van der Waals surface area contributed by atoms with Gasteiger partial charge in [-0.1, -0.05) is 6.07 Å². The van der Waals surface area contributed by atoms with Crippen LogP contribution in [-0.2, 0) is 0 Å². The highest BCUT2D eigenvalue weighted by Crippen LogP contribution is 2.45. The van der Waals surface area contributed by atoms with E-state index in [2.05, 4.69) is 30.3 Å². The number of thiazole rings is 1. The Kier molecular flexibility index (Phi) is 7.84. The van der Waals surface area contributed by atoms with Gasteiger partial charge >= 0.3 is 6.36 Å². The summed E-state index contributed by atoms with van der Waals surface area (Å²) in [5, 5.41) is 38.5. The summed E-state index contributed by atoms with van der Waals surface area (Å²) in [6.45, 7) is 3.08. The molecule has 0 radical (unpaired) electrons. The highest BCUT2D eigenvalue weighted by molar-refractivity contribution is 7.21. The molecule has 2 fully saturated rings. The maximum Gasteiger partial charge on any atom is 0.573 e. The second kappa shape index (κ2) is 11.4. The van der Waals surface area contributed by atoms with E-state index in [1.54, 1.807) is 20.0 Å². The zero-order chi connectivity index (χ0) is 31.4. The minimum absolute atomic E-state index is 0.0773. The Morgan fingerprint density at radius 2 is 1.93 bits per heavy atom. The molecule has 234 valence electrons. The summed E-state index contributed by atoms with van der Waals surface area (Å²) in [6.07, 6.45) is -1.95. The number of hydrogen-bond acceptors (Lipinski definition) is 11. The number of nitrogens with one attached hydrogen (secondary N) is 2. The predicted molar refractivity (Wildman–Crippen MR) is 155 cm³/mol. The van der Waals surface area contributed by atoms with Crippen molar-refractivity contribution >= 4 is 33.3 Å². The number of rotatable bonds is 9. The lowest BCUT2D eigenvalue weighted by Gasteiger charge is -2.31. The van der Waals surface area contributed by atoms with Crippen LogP contribution in [0.3, 0.4) is 0 Å². The number of aromatic nitrogens is 4. The van der Waals surface area contributed by atoms with Gasteiger partial charge in [0.05, 0.1) is 27.7 Å². The third kappa shape index (κ3) is 6.01. The molecule has 2 aliphatic rings. The van der Waals surface area contributed by atoms with Gasteiger partial charge in [0, 0.05) is 24.6 Å². The van der Waals surface area contributed by atoms with E-state index in [1.807, 2.05) is 6.07 Å². The second-order valence-electron chi connectivity index (χ2n) is 11.3. The zero-order valence-corrected chi connectivity index (χ0v) is 24.5. The lowest BCUT2D eigenvalue weighted by Crippen LogP contribution is -2.48. The third-order valence-corrected chi connectivity index (χ3v) is 9.07. The van der Waals surface area contributed by atoms with E-state index in [0.29, 0.717) is 34.2 Å². The van der Waals surface area contributed by atoms with Crippen LogP contribution in [0.5, 0.6) is 5.75 Å². The Bertz CT molecular complexity index is 1700.